The van der Waals surface area contributed by atoms with Crippen molar-refractivity contribution in [1.29, 1.82) is 5.26 Å². The molecule has 2 saturated carbocycles. The van der Waals surface area contributed by atoms with E-state index in [-0.39, 0.29) is 17.0 Å². The lowest BCUT2D eigenvalue weighted by atomic mass is 9.64. The highest BCUT2D eigenvalue weighted by molar-refractivity contribution is 5.96. The first kappa shape index (κ1) is 21.0. The zero-order valence-corrected chi connectivity index (χ0v) is 18.8. The average Bonchev–Trinajstić information content (AvgIpc) is 3.07. The fourth-order valence-corrected chi connectivity index (χ4v) is 5.88. The fraction of sp³-hybridized carbons (Fsp3) is 0.481. The Hall–Kier alpha value is -2.84. The molecule has 1 aliphatic heterocycles. The molecule has 1 heterocycles. The molecule has 0 unspecified atom stereocenters. The van der Waals surface area contributed by atoms with Gasteiger partial charge in [-0.1, -0.05) is 49.4 Å². The highest BCUT2D eigenvalue weighted by Gasteiger charge is 2.55. The molecule has 2 aromatic carbocycles. The van der Waals surface area contributed by atoms with Crippen LogP contribution in [-0.2, 0) is 5.41 Å². The summed E-state index contributed by atoms with van der Waals surface area (Å²) >= 11 is 0. The Morgan fingerprint density at radius 3 is 2.25 bits per heavy atom. The highest BCUT2D eigenvalue weighted by Crippen LogP contribution is 2.49. The summed E-state index contributed by atoms with van der Waals surface area (Å²) in [4.78, 5) is 17.5. The van der Waals surface area contributed by atoms with Crippen molar-refractivity contribution in [2.24, 2.45) is 0 Å². The van der Waals surface area contributed by atoms with E-state index in [0.717, 1.165) is 44.9 Å². The van der Waals surface area contributed by atoms with Crippen molar-refractivity contribution in [3.63, 3.8) is 0 Å². The van der Waals surface area contributed by atoms with E-state index in [4.69, 9.17) is 0 Å². The summed E-state index contributed by atoms with van der Waals surface area (Å²) in [5.74, 6) is 0. The first-order valence-corrected chi connectivity index (χ1v) is 11.7. The molecule has 0 atom stereocenters. The van der Waals surface area contributed by atoms with Crippen molar-refractivity contribution in [3.05, 3.63) is 65.7 Å². The van der Waals surface area contributed by atoms with Crippen LogP contribution >= 0.6 is 0 Å². The van der Waals surface area contributed by atoms with Crippen LogP contribution in [0.3, 0.4) is 0 Å². The highest BCUT2D eigenvalue weighted by atomic mass is 16.3. The predicted molar refractivity (Wildman–Crippen MR) is 124 cm³/mol. The van der Waals surface area contributed by atoms with Crippen molar-refractivity contribution in [2.45, 2.75) is 68.4 Å². The van der Waals surface area contributed by atoms with Crippen LogP contribution < -0.4 is 4.90 Å². The molecule has 2 aliphatic carbocycles. The predicted octanol–water partition coefficient (Wildman–Crippen LogP) is 4.99. The Labute approximate surface area is 190 Å². The first-order chi connectivity index (χ1) is 15.4. The molecule has 1 saturated heterocycles. The molecular formula is C27H31N3O2. The van der Waals surface area contributed by atoms with Gasteiger partial charge in [0.15, 0.2) is 0 Å². The lowest BCUT2D eigenvalue weighted by Gasteiger charge is -2.49. The van der Waals surface area contributed by atoms with Crippen molar-refractivity contribution in [2.75, 3.05) is 18.0 Å². The van der Waals surface area contributed by atoms with Crippen molar-refractivity contribution >= 4 is 11.7 Å². The van der Waals surface area contributed by atoms with Crippen LogP contribution in [0.4, 0.5) is 10.5 Å². The normalized spacial score (nSPS) is 29.1. The number of β-amino-alcohol motifs (C(OH)–C–C–N with tert-alkyl or cyclic N) is 1. The molecule has 0 bridgehead atoms. The Kier molecular flexibility index (Phi) is 5.02. The van der Waals surface area contributed by atoms with E-state index in [1.54, 1.807) is 11.0 Å². The third kappa shape index (κ3) is 3.38. The lowest BCUT2D eigenvalue weighted by molar-refractivity contribution is -0.0681. The Bertz CT molecular complexity index is 1050. The number of para-hydroxylation sites is 1. The summed E-state index contributed by atoms with van der Waals surface area (Å²) in [6.07, 6.45) is 6.29. The number of rotatable bonds is 4. The number of urea groups is 1. The molecule has 32 heavy (non-hydrogen) atoms. The third-order valence-electron chi connectivity index (χ3n) is 8.29. The molecule has 2 aromatic rings. The minimum atomic E-state index is -0.770. The quantitative estimate of drug-likeness (QED) is 0.745. The minimum Gasteiger partial charge on any atom is -0.388 e. The minimum absolute atomic E-state index is 0.0728. The maximum atomic E-state index is 13.7. The molecular weight excluding hydrogens is 398 g/mol. The molecule has 3 aliphatic rings. The van der Waals surface area contributed by atoms with Gasteiger partial charge in [-0.2, -0.15) is 5.26 Å². The third-order valence-corrected chi connectivity index (χ3v) is 8.29. The van der Waals surface area contributed by atoms with E-state index in [1.165, 1.54) is 5.56 Å². The number of nitrogens with zero attached hydrogens (tertiary/aromatic N) is 3. The van der Waals surface area contributed by atoms with Gasteiger partial charge in [0.25, 0.3) is 0 Å². The molecule has 5 rings (SSSR count). The number of carbonyl (C=O) groups is 1. The summed E-state index contributed by atoms with van der Waals surface area (Å²) in [5, 5.41) is 20.6. The number of hydrogen-bond acceptors (Lipinski definition) is 3. The Morgan fingerprint density at radius 1 is 0.969 bits per heavy atom. The van der Waals surface area contributed by atoms with E-state index in [9.17, 15) is 15.2 Å². The monoisotopic (exact) mass is 429 g/mol. The van der Waals surface area contributed by atoms with Crippen molar-refractivity contribution in [1.82, 2.24) is 4.90 Å². The van der Waals surface area contributed by atoms with Gasteiger partial charge in [0.1, 0.15) is 6.07 Å². The fourth-order valence-electron chi connectivity index (χ4n) is 5.88. The second kappa shape index (κ2) is 7.64. The summed E-state index contributed by atoms with van der Waals surface area (Å²) in [5.41, 5.74) is 1.57. The number of hydrogen-bond donors (Lipinski definition) is 1. The van der Waals surface area contributed by atoms with Crippen LogP contribution in [0.5, 0.6) is 0 Å². The number of anilines is 1. The van der Waals surface area contributed by atoms with Gasteiger partial charge in [-0.15, -0.1) is 0 Å². The molecule has 3 fully saturated rings. The molecule has 0 aromatic heterocycles. The molecule has 5 nitrogen and oxygen atoms in total. The second-order valence-electron chi connectivity index (χ2n) is 10.3. The maximum absolute atomic E-state index is 13.7. The van der Waals surface area contributed by atoms with Gasteiger partial charge in [0, 0.05) is 0 Å². The average molecular weight is 430 g/mol. The number of aliphatic hydroxyl groups is 1. The summed E-state index contributed by atoms with van der Waals surface area (Å²) in [7, 11) is 0. The molecule has 1 spiro atoms. The molecule has 1 N–H and O–H groups in total. The topological polar surface area (TPSA) is 67.6 Å². The summed E-state index contributed by atoms with van der Waals surface area (Å²) in [6, 6.07) is 20.2. The van der Waals surface area contributed by atoms with Gasteiger partial charge in [0.2, 0.25) is 0 Å². The summed E-state index contributed by atoms with van der Waals surface area (Å²) < 4.78 is 0. The number of benzene rings is 2. The van der Waals surface area contributed by atoms with Gasteiger partial charge in [-0.05, 0) is 68.1 Å². The van der Waals surface area contributed by atoms with Crippen LogP contribution in [-0.4, -0.2) is 40.3 Å². The summed E-state index contributed by atoms with van der Waals surface area (Å²) in [6.45, 7) is 3.29. The van der Waals surface area contributed by atoms with Crippen LogP contribution in [0.25, 0.3) is 0 Å². The Balaban J connectivity index is 1.47. The first-order valence-electron chi connectivity index (χ1n) is 11.7. The Morgan fingerprint density at radius 2 is 1.62 bits per heavy atom. The van der Waals surface area contributed by atoms with Gasteiger partial charge in [-0.3, -0.25) is 4.90 Å². The van der Waals surface area contributed by atoms with Crippen LogP contribution in [0.2, 0.25) is 0 Å². The molecule has 166 valence electrons. The molecule has 2 amide bonds. The van der Waals surface area contributed by atoms with E-state index >= 15 is 0 Å². The van der Waals surface area contributed by atoms with Gasteiger partial charge >= 0.3 is 6.03 Å². The molecule has 0 radical (unpaired) electrons. The zero-order valence-electron chi connectivity index (χ0n) is 18.8. The van der Waals surface area contributed by atoms with Crippen molar-refractivity contribution < 1.29 is 9.90 Å². The van der Waals surface area contributed by atoms with E-state index < -0.39 is 5.60 Å². The number of carbonyl (C=O) groups excluding carboxylic acids is 1. The second-order valence-corrected chi connectivity index (χ2v) is 10.3. The van der Waals surface area contributed by atoms with Gasteiger partial charge in [0.05, 0.1) is 35.5 Å². The standard InChI is InChI=1S/C27H31N3O2/c1-25(22-9-3-2-4-10-22)14-16-26(17-15-25)19-29(23-11-6-5-8-21(23)18-28)24(31)30(26)20-27(32)12-7-13-27/h2-6,8-11,32H,7,12-17,19-20H2,1H3/t25-,26-. The van der Waals surface area contributed by atoms with Crippen LogP contribution in [0, 0.1) is 11.3 Å². The zero-order chi connectivity index (χ0) is 22.4. The van der Waals surface area contributed by atoms with Gasteiger partial charge < -0.3 is 10.0 Å². The smallest absolute Gasteiger partial charge is 0.325 e. The molecule has 5 heteroatoms. The SMILES string of the molecule is C[C@]1(c2ccccc2)CC[C@]2(CC1)CN(c1ccccc1C#N)C(=O)N2CC1(O)CCC1. The van der Waals surface area contributed by atoms with Crippen molar-refractivity contribution in [3.8, 4) is 6.07 Å². The largest absolute Gasteiger partial charge is 0.388 e. The van der Waals surface area contributed by atoms with Crippen LogP contribution in [0.1, 0.15) is 63.0 Å². The van der Waals surface area contributed by atoms with E-state index in [2.05, 4.69) is 43.3 Å². The van der Waals surface area contributed by atoms with Crippen LogP contribution in [0.15, 0.2) is 54.6 Å². The number of nitriles is 1. The number of amides is 2. The van der Waals surface area contributed by atoms with E-state index in [1.807, 2.05) is 23.1 Å². The van der Waals surface area contributed by atoms with Gasteiger partial charge in [-0.25, -0.2) is 4.79 Å². The maximum Gasteiger partial charge on any atom is 0.325 e. The lowest BCUT2D eigenvalue weighted by Crippen LogP contribution is -2.58. The van der Waals surface area contributed by atoms with E-state index in [0.29, 0.717) is 24.3 Å².